The highest BCUT2D eigenvalue weighted by Crippen LogP contribution is 2.15. The van der Waals surface area contributed by atoms with Crippen molar-refractivity contribution < 1.29 is 4.74 Å². The van der Waals surface area contributed by atoms with E-state index in [0.717, 1.165) is 0 Å². The first-order valence-corrected chi connectivity index (χ1v) is 4.20. The molecule has 0 amide bonds. The van der Waals surface area contributed by atoms with Gasteiger partial charge in [-0.1, -0.05) is 0 Å². The first kappa shape index (κ1) is 9.77. The van der Waals surface area contributed by atoms with Gasteiger partial charge in [0.1, 0.15) is 11.4 Å². The van der Waals surface area contributed by atoms with E-state index in [9.17, 15) is 0 Å². The number of nitrogens with zero attached hydrogens (tertiary/aromatic N) is 2. The molecule has 13 heavy (non-hydrogen) atoms. The average molecular weight is 181 g/mol. The van der Waals surface area contributed by atoms with Gasteiger partial charge >= 0.3 is 0 Å². The van der Waals surface area contributed by atoms with E-state index in [1.807, 2.05) is 20.8 Å². The average Bonchev–Trinajstić information content (AvgIpc) is 2.01. The van der Waals surface area contributed by atoms with Crippen molar-refractivity contribution in [1.29, 1.82) is 0 Å². The van der Waals surface area contributed by atoms with Crippen LogP contribution in [0.3, 0.4) is 0 Å². The van der Waals surface area contributed by atoms with Crippen LogP contribution in [-0.2, 0) is 0 Å². The maximum absolute atomic E-state index is 5.53. The van der Waals surface area contributed by atoms with E-state index in [4.69, 9.17) is 4.74 Å². The summed E-state index contributed by atoms with van der Waals surface area (Å²) in [6.07, 6.45) is 3.25. The number of hydrogen-bond donors (Lipinski definition) is 1. The van der Waals surface area contributed by atoms with Gasteiger partial charge in [-0.15, -0.1) is 0 Å². The lowest BCUT2D eigenvalue weighted by Gasteiger charge is -2.19. The van der Waals surface area contributed by atoms with E-state index >= 15 is 0 Å². The van der Waals surface area contributed by atoms with Crippen LogP contribution < -0.4 is 10.1 Å². The Morgan fingerprint density at radius 3 is 2.54 bits per heavy atom. The molecule has 4 heteroatoms. The molecule has 0 unspecified atom stereocenters. The van der Waals surface area contributed by atoms with E-state index < -0.39 is 0 Å². The highest BCUT2D eigenvalue weighted by molar-refractivity contribution is 5.32. The fraction of sp³-hybridized carbons (Fsp3) is 0.556. The molecule has 0 radical (unpaired) electrons. The van der Waals surface area contributed by atoms with Gasteiger partial charge in [0.2, 0.25) is 5.88 Å². The molecule has 1 N–H and O–H groups in total. The molecule has 0 bridgehead atoms. The molecular weight excluding hydrogens is 166 g/mol. The van der Waals surface area contributed by atoms with Crippen LogP contribution in [0.2, 0.25) is 0 Å². The van der Waals surface area contributed by atoms with E-state index in [-0.39, 0.29) is 5.60 Å². The predicted octanol–water partition coefficient (Wildman–Crippen LogP) is 1.70. The van der Waals surface area contributed by atoms with Crippen molar-refractivity contribution in [3.05, 3.63) is 12.4 Å². The van der Waals surface area contributed by atoms with Crippen molar-refractivity contribution in [2.75, 3.05) is 12.4 Å². The summed E-state index contributed by atoms with van der Waals surface area (Å²) in [4.78, 5) is 8.17. The summed E-state index contributed by atoms with van der Waals surface area (Å²) in [5.41, 5.74) is -0.235. The van der Waals surface area contributed by atoms with Gasteiger partial charge < -0.3 is 10.1 Å². The minimum atomic E-state index is -0.235. The maximum atomic E-state index is 5.53. The van der Waals surface area contributed by atoms with Gasteiger partial charge in [-0.3, -0.25) is 4.98 Å². The molecule has 0 aliphatic rings. The van der Waals surface area contributed by atoms with Crippen LogP contribution in [0.5, 0.6) is 5.88 Å². The monoisotopic (exact) mass is 181 g/mol. The van der Waals surface area contributed by atoms with Gasteiger partial charge in [-0.25, -0.2) is 0 Å². The second-order valence-electron chi connectivity index (χ2n) is 3.71. The van der Waals surface area contributed by atoms with Gasteiger partial charge in [-0.2, -0.15) is 4.98 Å². The highest BCUT2D eigenvalue weighted by atomic mass is 16.5. The van der Waals surface area contributed by atoms with Crippen molar-refractivity contribution in [1.82, 2.24) is 9.97 Å². The molecule has 1 aromatic rings. The number of rotatable bonds is 2. The summed E-state index contributed by atoms with van der Waals surface area (Å²) >= 11 is 0. The Balaban J connectivity index is 2.78. The topological polar surface area (TPSA) is 47.0 Å². The zero-order chi connectivity index (χ0) is 9.90. The van der Waals surface area contributed by atoms with E-state index in [1.165, 1.54) is 0 Å². The van der Waals surface area contributed by atoms with Crippen LogP contribution >= 0.6 is 0 Å². The van der Waals surface area contributed by atoms with Crippen LogP contribution in [0.1, 0.15) is 20.8 Å². The third-order valence-electron chi connectivity index (χ3n) is 1.28. The molecule has 0 saturated heterocycles. The van der Waals surface area contributed by atoms with Gasteiger partial charge in [0.25, 0.3) is 0 Å². The number of nitrogens with one attached hydrogen (secondary N) is 1. The Morgan fingerprint density at radius 1 is 1.31 bits per heavy atom. The molecule has 0 saturated carbocycles. The van der Waals surface area contributed by atoms with Crippen LogP contribution in [0.4, 0.5) is 5.82 Å². The fourth-order valence-electron chi connectivity index (χ4n) is 0.831. The molecule has 1 rings (SSSR count). The fourth-order valence-corrected chi connectivity index (χ4v) is 0.831. The second-order valence-corrected chi connectivity index (χ2v) is 3.71. The van der Waals surface area contributed by atoms with Gasteiger partial charge in [-0.05, 0) is 20.8 Å². The zero-order valence-electron chi connectivity index (χ0n) is 8.46. The summed E-state index contributed by atoms with van der Waals surface area (Å²) in [5.74, 6) is 1.25. The Labute approximate surface area is 78.4 Å². The largest absolute Gasteiger partial charge is 0.471 e. The molecule has 0 aromatic carbocycles. The first-order chi connectivity index (χ1) is 6.01. The Hall–Kier alpha value is -1.32. The highest BCUT2D eigenvalue weighted by Gasteiger charge is 2.12. The Bertz CT molecular complexity index is 280. The lowest BCUT2D eigenvalue weighted by atomic mass is 10.2. The van der Waals surface area contributed by atoms with Gasteiger partial charge in [0, 0.05) is 7.05 Å². The minimum absolute atomic E-state index is 0.235. The minimum Gasteiger partial charge on any atom is -0.471 e. The standard InChI is InChI=1S/C9H15N3O/c1-9(2,3)13-8-6-11-5-7(10-4)12-8/h5-6H,1-4H3,(H,10,12). The Morgan fingerprint density at radius 2 is 2.00 bits per heavy atom. The SMILES string of the molecule is CNc1cncc(OC(C)(C)C)n1. The quantitative estimate of drug-likeness (QED) is 0.754. The summed E-state index contributed by atoms with van der Waals surface area (Å²) in [6.45, 7) is 5.92. The zero-order valence-corrected chi connectivity index (χ0v) is 8.46. The third kappa shape index (κ3) is 3.27. The molecule has 72 valence electrons. The number of ether oxygens (including phenoxy) is 1. The normalized spacial score (nSPS) is 11.1. The van der Waals surface area contributed by atoms with Crippen molar-refractivity contribution in [2.24, 2.45) is 0 Å². The van der Waals surface area contributed by atoms with Crippen molar-refractivity contribution in [3.63, 3.8) is 0 Å². The molecule has 0 atom stereocenters. The molecule has 1 aromatic heterocycles. The summed E-state index contributed by atoms with van der Waals surface area (Å²) in [6, 6.07) is 0. The lowest BCUT2D eigenvalue weighted by Crippen LogP contribution is -2.23. The van der Waals surface area contributed by atoms with E-state index in [1.54, 1.807) is 19.4 Å². The third-order valence-corrected chi connectivity index (χ3v) is 1.28. The van der Waals surface area contributed by atoms with Gasteiger partial charge in [0.05, 0.1) is 12.4 Å². The predicted molar refractivity (Wildman–Crippen MR) is 52.0 cm³/mol. The Kier molecular flexibility index (Phi) is 2.70. The van der Waals surface area contributed by atoms with Crippen LogP contribution in [0.25, 0.3) is 0 Å². The molecule has 0 aliphatic heterocycles. The van der Waals surface area contributed by atoms with Crippen molar-refractivity contribution >= 4 is 5.82 Å². The molecule has 4 nitrogen and oxygen atoms in total. The summed E-state index contributed by atoms with van der Waals surface area (Å²) < 4.78 is 5.53. The first-order valence-electron chi connectivity index (χ1n) is 4.20. The smallest absolute Gasteiger partial charge is 0.234 e. The van der Waals surface area contributed by atoms with Gasteiger partial charge in [0.15, 0.2) is 0 Å². The maximum Gasteiger partial charge on any atom is 0.234 e. The van der Waals surface area contributed by atoms with Crippen LogP contribution in [0, 0.1) is 0 Å². The van der Waals surface area contributed by atoms with Crippen molar-refractivity contribution in [2.45, 2.75) is 26.4 Å². The van der Waals surface area contributed by atoms with Crippen LogP contribution in [-0.4, -0.2) is 22.6 Å². The van der Waals surface area contributed by atoms with E-state index in [2.05, 4.69) is 15.3 Å². The molecular formula is C9H15N3O. The van der Waals surface area contributed by atoms with Crippen LogP contribution in [0.15, 0.2) is 12.4 Å². The summed E-state index contributed by atoms with van der Waals surface area (Å²) in [5, 5.41) is 2.90. The molecule has 0 aliphatic carbocycles. The summed E-state index contributed by atoms with van der Waals surface area (Å²) in [7, 11) is 1.80. The lowest BCUT2D eigenvalue weighted by molar-refractivity contribution is 0.123. The number of hydrogen-bond acceptors (Lipinski definition) is 4. The molecule has 1 heterocycles. The molecule has 0 spiro atoms. The van der Waals surface area contributed by atoms with Crippen molar-refractivity contribution in [3.8, 4) is 5.88 Å². The number of anilines is 1. The molecule has 0 fully saturated rings. The van der Waals surface area contributed by atoms with E-state index in [0.29, 0.717) is 11.7 Å². The second kappa shape index (κ2) is 3.60. The number of aromatic nitrogens is 2.